The predicted octanol–water partition coefficient (Wildman–Crippen LogP) is 3.27. The van der Waals surface area contributed by atoms with E-state index in [0.717, 1.165) is 23.1 Å². The number of cyclic esters (lactones) is 1. The molecule has 4 heteroatoms. The first-order valence-corrected chi connectivity index (χ1v) is 7.66. The normalized spacial score (nSPS) is 16.2. The lowest BCUT2D eigenvalue weighted by Crippen LogP contribution is -2.06. The molecule has 0 aromatic heterocycles. The molecule has 1 unspecified atom stereocenters. The van der Waals surface area contributed by atoms with Gasteiger partial charge >= 0.3 is 5.97 Å². The summed E-state index contributed by atoms with van der Waals surface area (Å²) in [6, 6.07) is 7.37. The van der Waals surface area contributed by atoms with Crippen molar-refractivity contribution in [2.75, 3.05) is 6.61 Å². The van der Waals surface area contributed by atoms with Gasteiger partial charge in [-0.25, -0.2) is 9.00 Å². The molecule has 0 radical (unpaired) electrons. The predicted molar refractivity (Wildman–Crippen MR) is 79.6 cm³/mol. The average molecular weight is 290 g/mol. The van der Waals surface area contributed by atoms with Gasteiger partial charge in [0.25, 0.3) is 0 Å². The lowest BCUT2D eigenvalue weighted by molar-refractivity contribution is -0.135. The van der Waals surface area contributed by atoms with Crippen molar-refractivity contribution in [2.45, 2.75) is 31.6 Å². The van der Waals surface area contributed by atoms with Crippen molar-refractivity contribution >= 4 is 16.8 Å². The maximum atomic E-state index is 12.6. The van der Waals surface area contributed by atoms with Crippen molar-refractivity contribution in [1.82, 2.24) is 0 Å². The van der Waals surface area contributed by atoms with E-state index in [4.69, 9.17) is 4.74 Å². The molecule has 0 spiro atoms. The molecule has 0 aliphatic carbocycles. The molecule has 1 atom stereocenters. The fourth-order valence-electron chi connectivity index (χ4n) is 1.96. The molecule has 1 aliphatic rings. The van der Waals surface area contributed by atoms with Gasteiger partial charge in [0, 0.05) is 4.90 Å². The van der Waals surface area contributed by atoms with Crippen LogP contribution in [-0.4, -0.2) is 16.8 Å². The van der Waals surface area contributed by atoms with Crippen LogP contribution in [0.4, 0.5) is 0 Å². The fraction of sp³-hybridized carbons (Fsp3) is 0.312. The zero-order valence-corrected chi connectivity index (χ0v) is 12.6. The third-order valence-electron chi connectivity index (χ3n) is 3.16. The largest absolute Gasteiger partial charge is 0.457 e. The monoisotopic (exact) mass is 290 g/mol. The molecule has 1 heterocycles. The van der Waals surface area contributed by atoms with Crippen LogP contribution < -0.4 is 0 Å². The molecule has 20 heavy (non-hydrogen) atoms. The molecule has 0 saturated carbocycles. The summed E-state index contributed by atoms with van der Waals surface area (Å²) in [4.78, 5) is 12.8. The number of rotatable bonds is 5. The molecular formula is C16H18O3S. The molecule has 1 aliphatic heterocycles. The Balaban J connectivity index is 2.28. The Kier molecular flexibility index (Phi) is 4.55. The molecule has 0 N–H and O–H groups in total. The minimum Gasteiger partial charge on any atom is -0.457 e. The molecule has 0 saturated heterocycles. The van der Waals surface area contributed by atoms with Crippen LogP contribution in [0.3, 0.4) is 0 Å². The van der Waals surface area contributed by atoms with Gasteiger partial charge in [-0.2, -0.15) is 0 Å². The van der Waals surface area contributed by atoms with E-state index in [1.54, 1.807) is 12.1 Å². The molecule has 0 fully saturated rings. The van der Waals surface area contributed by atoms with Crippen LogP contribution in [0, 0.1) is 6.92 Å². The molecule has 3 nitrogen and oxygen atoms in total. The maximum Gasteiger partial charge on any atom is 0.347 e. The van der Waals surface area contributed by atoms with E-state index in [1.165, 1.54) is 0 Å². The second-order valence-corrected chi connectivity index (χ2v) is 6.46. The summed E-state index contributed by atoms with van der Waals surface area (Å²) in [5.41, 5.74) is 2.96. The summed E-state index contributed by atoms with van der Waals surface area (Å²) in [5.74, 6) is -0.458. The number of aryl methyl sites for hydroxylation is 1. The second kappa shape index (κ2) is 6.18. The first kappa shape index (κ1) is 14.7. The van der Waals surface area contributed by atoms with Gasteiger partial charge < -0.3 is 4.74 Å². The topological polar surface area (TPSA) is 43.4 Å². The summed E-state index contributed by atoms with van der Waals surface area (Å²) in [6.07, 6.45) is 1.45. The smallest absolute Gasteiger partial charge is 0.347 e. The van der Waals surface area contributed by atoms with Crippen molar-refractivity contribution < 1.29 is 13.7 Å². The van der Waals surface area contributed by atoms with Gasteiger partial charge in [0.1, 0.15) is 11.5 Å². The molecule has 1 aromatic carbocycles. The summed E-state index contributed by atoms with van der Waals surface area (Å²) >= 11 is 0. The molecule has 0 bridgehead atoms. The van der Waals surface area contributed by atoms with E-state index in [0.29, 0.717) is 16.2 Å². The van der Waals surface area contributed by atoms with Crippen molar-refractivity contribution in [2.24, 2.45) is 0 Å². The SMILES string of the molecule is C=C(C)CCC1=C(S(=O)c2ccc(C)cc2)C(=O)OC1. The van der Waals surface area contributed by atoms with E-state index in [1.807, 2.05) is 26.0 Å². The third kappa shape index (κ3) is 3.25. The van der Waals surface area contributed by atoms with Gasteiger partial charge in [0.2, 0.25) is 0 Å². The molecular weight excluding hydrogens is 272 g/mol. The Morgan fingerprint density at radius 1 is 1.35 bits per heavy atom. The summed E-state index contributed by atoms with van der Waals surface area (Å²) in [6.45, 7) is 8.00. The lowest BCUT2D eigenvalue weighted by atomic mass is 10.1. The van der Waals surface area contributed by atoms with E-state index in [-0.39, 0.29) is 6.61 Å². The minimum atomic E-state index is -1.47. The Labute approximate surface area is 121 Å². The van der Waals surface area contributed by atoms with E-state index < -0.39 is 16.8 Å². The zero-order valence-electron chi connectivity index (χ0n) is 11.8. The Morgan fingerprint density at radius 3 is 2.60 bits per heavy atom. The van der Waals surface area contributed by atoms with E-state index in [2.05, 4.69) is 6.58 Å². The second-order valence-electron chi connectivity index (χ2n) is 5.05. The van der Waals surface area contributed by atoms with Crippen LogP contribution in [0.25, 0.3) is 0 Å². The summed E-state index contributed by atoms with van der Waals surface area (Å²) in [7, 11) is -1.47. The minimum absolute atomic E-state index is 0.249. The van der Waals surface area contributed by atoms with Crippen molar-refractivity contribution in [3.8, 4) is 0 Å². The summed E-state index contributed by atoms with van der Waals surface area (Å²) in [5, 5.41) is 0. The highest BCUT2D eigenvalue weighted by atomic mass is 32.2. The first-order valence-electron chi connectivity index (χ1n) is 6.51. The Bertz CT molecular complexity index is 597. The van der Waals surface area contributed by atoms with E-state index >= 15 is 0 Å². The number of carbonyl (C=O) groups excluding carboxylic acids is 1. The number of hydrogen-bond donors (Lipinski definition) is 0. The number of esters is 1. The number of benzene rings is 1. The number of hydrogen-bond acceptors (Lipinski definition) is 3. The maximum absolute atomic E-state index is 12.6. The van der Waals surface area contributed by atoms with Crippen molar-refractivity contribution in [3.63, 3.8) is 0 Å². The van der Waals surface area contributed by atoms with Crippen molar-refractivity contribution in [1.29, 1.82) is 0 Å². The highest BCUT2D eigenvalue weighted by molar-refractivity contribution is 7.90. The molecule has 1 aromatic rings. The Morgan fingerprint density at radius 2 is 2.00 bits per heavy atom. The lowest BCUT2D eigenvalue weighted by Gasteiger charge is -2.05. The van der Waals surface area contributed by atoms with Gasteiger partial charge in [-0.3, -0.25) is 0 Å². The van der Waals surface area contributed by atoms with Crippen molar-refractivity contribution in [3.05, 3.63) is 52.5 Å². The molecule has 106 valence electrons. The quantitative estimate of drug-likeness (QED) is 0.617. The van der Waals surface area contributed by atoms with Crippen LogP contribution in [0.5, 0.6) is 0 Å². The number of carbonyl (C=O) groups is 1. The van der Waals surface area contributed by atoms with Gasteiger partial charge in [-0.05, 0) is 44.4 Å². The van der Waals surface area contributed by atoms with Crippen LogP contribution >= 0.6 is 0 Å². The van der Waals surface area contributed by atoms with Crippen LogP contribution in [0.2, 0.25) is 0 Å². The highest BCUT2D eigenvalue weighted by Crippen LogP contribution is 2.27. The van der Waals surface area contributed by atoms with E-state index in [9.17, 15) is 9.00 Å². The van der Waals surface area contributed by atoms with Gasteiger partial charge in [0.05, 0.1) is 10.8 Å². The molecule has 0 amide bonds. The number of ether oxygens (including phenoxy) is 1. The van der Waals surface area contributed by atoms with Gasteiger partial charge in [-0.1, -0.05) is 23.3 Å². The van der Waals surface area contributed by atoms with Crippen LogP contribution in [0.15, 0.2) is 51.8 Å². The van der Waals surface area contributed by atoms with Gasteiger partial charge in [-0.15, -0.1) is 6.58 Å². The Hall–Kier alpha value is -1.68. The first-order chi connectivity index (χ1) is 9.49. The van der Waals surface area contributed by atoms with Crippen LogP contribution in [-0.2, 0) is 20.3 Å². The fourth-order valence-corrected chi connectivity index (χ4v) is 3.22. The number of allylic oxidation sites excluding steroid dienone is 1. The third-order valence-corrected chi connectivity index (χ3v) is 4.68. The summed E-state index contributed by atoms with van der Waals surface area (Å²) < 4.78 is 17.6. The highest BCUT2D eigenvalue weighted by Gasteiger charge is 2.30. The average Bonchev–Trinajstić information content (AvgIpc) is 2.77. The zero-order chi connectivity index (χ0) is 14.7. The molecule has 2 rings (SSSR count). The standard InChI is InChI=1S/C16H18O3S/c1-11(2)4-7-13-10-19-16(17)15(13)20(18)14-8-5-12(3)6-9-14/h5-6,8-9H,1,4,7,10H2,2-3H3. The van der Waals surface area contributed by atoms with Crippen LogP contribution in [0.1, 0.15) is 25.3 Å². The van der Waals surface area contributed by atoms with Gasteiger partial charge in [0.15, 0.2) is 0 Å².